The lowest BCUT2D eigenvalue weighted by atomic mass is 10.6. The molecule has 1 nitrogen and oxygen atoms in total. The topological polar surface area (TPSA) is 20.2 Å². The lowest BCUT2D eigenvalue weighted by Crippen LogP contribution is -1.69. The summed E-state index contributed by atoms with van der Waals surface area (Å²) in [4.78, 5) is 0. The minimum atomic E-state index is 0.126. The second-order valence-corrected chi connectivity index (χ2v) is 1.20. The Kier molecular flexibility index (Phi) is 5.09. The van der Waals surface area contributed by atoms with E-state index >= 15 is 0 Å². The molecular formula is C4H8OS. The van der Waals surface area contributed by atoms with Crippen molar-refractivity contribution < 1.29 is 5.11 Å². The van der Waals surface area contributed by atoms with Gasteiger partial charge in [0.05, 0.1) is 6.61 Å². The van der Waals surface area contributed by atoms with Gasteiger partial charge in [0.25, 0.3) is 0 Å². The van der Waals surface area contributed by atoms with Crippen molar-refractivity contribution in [1.82, 2.24) is 0 Å². The van der Waals surface area contributed by atoms with E-state index in [4.69, 9.17) is 5.11 Å². The standard InChI is InChI=1S/C4H8OS/c5-3-1-2-4-6/h1-2,5-6H,3-4H2/b2-1-. The molecular weight excluding hydrogens is 96.1 g/mol. The van der Waals surface area contributed by atoms with Crippen molar-refractivity contribution in [1.29, 1.82) is 0 Å². The van der Waals surface area contributed by atoms with Crippen LogP contribution in [0, 0.1) is 0 Å². The maximum atomic E-state index is 8.08. The van der Waals surface area contributed by atoms with Gasteiger partial charge in [0.2, 0.25) is 0 Å². The highest BCUT2D eigenvalue weighted by molar-refractivity contribution is 7.80. The third-order valence-corrected chi connectivity index (χ3v) is 0.588. The van der Waals surface area contributed by atoms with Gasteiger partial charge in [0.1, 0.15) is 0 Å². The second-order valence-electron chi connectivity index (χ2n) is 0.837. The van der Waals surface area contributed by atoms with E-state index in [1.54, 1.807) is 12.2 Å². The van der Waals surface area contributed by atoms with Crippen molar-refractivity contribution in [2.45, 2.75) is 0 Å². The van der Waals surface area contributed by atoms with Gasteiger partial charge in [-0.2, -0.15) is 12.6 Å². The van der Waals surface area contributed by atoms with Crippen molar-refractivity contribution in [3.8, 4) is 0 Å². The van der Waals surface area contributed by atoms with Gasteiger partial charge in [0, 0.05) is 5.75 Å². The number of aliphatic hydroxyl groups excluding tert-OH is 1. The number of thiol groups is 1. The molecule has 0 saturated carbocycles. The smallest absolute Gasteiger partial charge is 0.0612 e. The predicted molar refractivity (Wildman–Crippen MR) is 30.1 cm³/mol. The first-order valence-corrected chi connectivity index (χ1v) is 2.41. The minimum absolute atomic E-state index is 0.126. The summed E-state index contributed by atoms with van der Waals surface area (Å²) in [6, 6.07) is 0. The lowest BCUT2D eigenvalue weighted by Gasteiger charge is -1.72. The summed E-state index contributed by atoms with van der Waals surface area (Å²) >= 11 is 3.86. The molecule has 0 unspecified atom stereocenters. The zero-order chi connectivity index (χ0) is 4.83. The van der Waals surface area contributed by atoms with Crippen molar-refractivity contribution in [2.24, 2.45) is 0 Å². The van der Waals surface area contributed by atoms with E-state index in [1.165, 1.54) is 0 Å². The molecule has 0 aromatic carbocycles. The van der Waals surface area contributed by atoms with Gasteiger partial charge in [-0.3, -0.25) is 0 Å². The lowest BCUT2D eigenvalue weighted by molar-refractivity contribution is 0.342. The van der Waals surface area contributed by atoms with E-state index in [0.717, 1.165) is 0 Å². The molecule has 0 radical (unpaired) electrons. The largest absolute Gasteiger partial charge is 0.392 e. The van der Waals surface area contributed by atoms with E-state index < -0.39 is 0 Å². The van der Waals surface area contributed by atoms with Crippen LogP contribution in [0.5, 0.6) is 0 Å². The Labute approximate surface area is 43.1 Å². The van der Waals surface area contributed by atoms with Crippen molar-refractivity contribution >= 4 is 12.6 Å². The zero-order valence-corrected chi connectivity index (χ0v) is 4.36. The molecule has 0 fully saturated rings. The Morgan fingerprint density at radius 1 is 1.50 bits per heavy atom. The summed E-state index contributed by atoms with van der Waals surface area (Å²) in [6.45, 7) is 0.126. The van der Waals surface area contributed by atoms with Crippen LogP contribution in [0.2, 0.25) is 0 Å². The van der Waals surface area contributed by atoms with Crippen LogP contribution < -0.4 is 0 Å². The molecule has 1 N–H and O–H groups in total. The van der Waals surface area contributed by atoms with Crippen molar-refractivity contribution in [2.75, 3.05) is 12.4 Å². The Hall–Kier alpha value is 0.0500. The molecule has 0 saturated heterocycles. The van der Waals surface area contributed by atoms with E-state index in [9.17, 15) is 0 Å². The van der Waals surface area contributed by atoms with Gasteiger partial charge in [-0.25, -0.2) is 0 Å². The number of hydrogen-bond donors (Lipinski definition) is 2. The average Bonchev–Trinajstić information content (AvgIpc) is 1.61. The maximum Gasteiger partial charge on any atom is 0.0612 e. The molecule has 2 heteroatoms. The molecule has 36 valence electrons. The third-order valence-electron chi connectivity index (χ3n) is 0.377. The highest BCUT2D eigenvalue weighted by Crippen LogP contribution is 1.73. The van der Waals surface area contributed by atoms with Gasteiger partial charge in [-0.05, 0) is 0 Å². The van der Waals surface area contributed by atoms with E-state index in [1.807, 2.05) is 0 Å². The third kappa shape index (κ3) is 4.05. The fraction of sp³-hybridized carbons (Fsp3) is 0.500. The number of rotatable bonds is 2. The summed E-state index contributed by atoms with van der Waals surface area (Å²) < 4.78 is 0. The molecule has 0 aromatic rings. The molecule has 0 atom stereocenters. The first-order valence-electron chi connectivity index (χ1n) is 1.78. The Bertz CT molecular complexity index is 36.8. The van der Waals surface area contributed by atoms with Crippen LogP contribution in [0.15, 0.2) is 12.2 Å². The van der Waals surface area contributed by atoms with Crippen molar-refractivity contribution in [3.63, 3.8) is 0 Å². The summed E-state index contributed by atoms with van der Waals surface area (Å²) in [6.07, 6.45) is 3.45. The molecule has 0 bridgehead atoms. The van der Waals surface area contributed by atoms with Gasteiger partial charge in [-0.1, -0.05) is 12.2 Å². The fourth-order valence-electron chi connectivity index (χ4n) is 0.149. The number of aliphatic hydroxyl groups is 1. The van der Waals surface area contributed by atoms with Crippen LogP contribution in [-0.4, -0.2) is 17.5 Å². The first-order chi connectivity index (χ1) is 2.91. The fourth-order valence-corrected chi connectivity index (χ4v) is 0.298. The van der Waals surface area contributed by atoms with Gasteiger partial charge in [0.15, 0.2) is 0 Å². The van der Waals surface area contributed by atoms with E-state index in [2.05, 4.69) is 12.6 Å². The monoisotopic (exact) mass is 104 g/mol. The van der Waals surface area contributed by atoms with E-state index in [-0.39, 0.29) is 6.61 Å². The summed E-state index contributed by atoms with van der Waals surface area (Å²) in [5.41, 5.74) is 0. The van der Waals surface area contributed by atoms with Crippen LogP contribution in [0.4, 0.5) is 0 Å². The van der Waals surface area contributed by atoms with E-state index in [0.29, 0.717) is 5.75 Å². The maximum absolute atomic E-state index is 8.08. The van der Waals surface area contributed by atoms with Crippen molar-refractivity contribution in [3.05, 3.63) is 12.2 Å². The SMILES string of the molecule is OC/C=C\CS. The molecule has 0 aliphatic carbocycles. The molecule has 6 heavy (non-hydrogen) atoms. The van der Waals surface area contributed by atoms with Gasteiger partial charge >= 0.3 is 0 Å². The average molecular weight is 104 g/mol. The van der Waals surface area contributed by atoms with Crippen LogP contribution in [-0.2, 0) is 0 Å². The molecule has 0 aliphatic rings. The Balaban J connectivity index is 2.73. The Morgan fingerprint density at radius 2 is 2.17 bits per heavy atom. The molecule has 0 aromatic heterocycles. The minimum Gasteiger partial charge on any atom is -0.392 e. The quantitative estimate of drug-likeness (QED) is 0.385. The molecule has 0 amide bonds. The summed E-state index contributed by atoms with van der Waals surface area (Å²) in [5.74, 6) is 0.709. The highest BCUT2D eigenvalue weighted by Gasteiger charge is 1.61. The highest BCUT2D eigenvalue weighted by atomic mass is 32.1. The predicted octanol–water partition coefficient (Wildman–Crippen LogP) is 0.465. The van der Waals surface area contributed by atoms with Crippen LogP contribution in [0.25, 0.3) is 0 Å². The normalized spacial score (nSPS) is 10.3. The first kappa shape index (κ1) is 6.05. The number of hydrogen-bond acceptors (Lipinski definition) is 2. The van der Waals surface area contributed by atoms with Crippen LogP contribution in [0.3, 0.4) is 0 Å². The zero-order valence-electron chi connectivity index (χ0n) is 3.46. The van der Waals surface area contributed by atoms with Crippen LogP contribution in [0.1, 0.15) is 0 Å². The Morgan fingerprint density at radius 3 is 2.33 bits per heavy atom. The van der Waals surface area contributed by atoms with Crippen LogP contribution >= 0.6 is 12.6 Å². The summed E-state index contributed by atoms with van der Waals surface area (Å²) in [5, 5.41) is 8.08. The molecule has 0 spiro atoms. The molecule has 0 rings (SSSR count). The second kappa shape index (κ2) is 5.05. The molecule has 0 heterocycles. The van der Waals surface area contributed by atoms with Gasteiger partial charge < -0.3 is 5.11 Å². The summed E-state index contributed by atoms with van der Waals surface area (Å²) in [7, 11) is 0. The van der Waals surface area contributed by atoms with Gasteiger partial charge in [-0.15, -0.1) is 0 Å². The molecule has 0 aliphatic heterocycles.